The largest absolute Gasteiger partial charge is 0.368 e. The molecule has 2 fully saturated rings. The second-order valence-corrected chi connectivity index (χ2v) is 12.1. The maximum atomic E-state index is 13.0. The van der Waals surface area contributed by atoms with Gasteiger partial charge in [-0.3, -0.25) is 19.7 Å². The van der Waals surface area contributed by atoms with Crippen molar-refractivity contribution in [2.45, 2.75) is 63.6 Å². The number of amides is 2. The van der Waals surface area contributed by atoms with Crippen molar-refractivity contribution in [1.29, 1.82) is 0 Å². The predicted molar refractivity (Wildman–Crippen MR) is 166 cm³/mol. The summed E-state index contributed by atoms with van der Waals surface area (Å²) in [6, 6.07) is 8.29. The van der Waals surface area contributed by atoms with Gasteiger partial charge in [0.2, 0.25) is 11.8 Å². The Bertz CT molecular complexity index is 1230. The van der Waals surface area contributed by atoms with Crippen molar-refractivity contribution in [2.75, 3.05) is 61.4 Å². The third-order valence-electron chi connectivity index (χ3n) is 7.81. The molecule has 4 rings (SSSR count). The summed E-state index contributed by atoms with van der Waals surface area (Å²) in [7, 11) is 0. The van der Waals surface area contributed by atoms with E-state index in [0.717, 1.165) is 18.5 Å². The van der Waals surface area contributed by atoms with E-state index in [9.17, 15) is 19.7 Å². The molecule has 1 unspecified atom stereocenters. The van der Waals surface area contributed by atoms with Crippen LogP contribution in [-0.4, -0.2) is 94.1 Å². The standard InChI is InChI=1S/C29H40ClN7O4S/c1-3-4-5-6-7-8-27(38)36-18-17-35(20-22(36)2)26-19-25(30)31-29(32-26)42-21-28(39)34-15-13-33(14-16-34)23-9-11-24(12-10-23)37(40)41/h9-12,19,22H,3-8,13-18,20-21H2,1-2H3. The molecule has 0 bridgehead atoms. The van der Waals surface area contributed by atoms with Crippen molar-refractivity contribution in [3.05, 3.63) is 45.6 Å². The molecule has 2 aliphatic heterocycles. The number of carbonyl (C=O) groups excluding carboxylic acids is 2. The van der Waals surface area contributed by atoms with Crippen molar-refractivity contribution in [3.63, 3.8) is 0 Å². The van der Waals surface area contributed by atoms with E-state index in [1.807, 2.05) is 9.80 Å². The van der Waals surface area contributed by atoms with E-state index in [0.29, 0.717) is 68.4 Å². The Balaban J connectivity index is 1.24. The van der Waals surface area contributed by atoms with Gasteiger partial charge in [0, 0.05) is 82.2 Å². The minimum absolute atomic E-state index is 0.00363. The summed E-state index contributed by atoms with van der Waals surface area (Å²) >= 11 is 7.62. The number of nitrogens with zero attached hydrogens (tertiary/aromatic N) is 7. The summed E-state index contributed by atoms with van der Waals surface area (Å²) < 4.78 is 0. The number of aromatic nitrogens is 2. The van der Waals surface area contributed by atoms with Gasteiger partial charge in [0.25, 0.3) is 5.69 Å². The van der Waals surface area contributed by atoms with Crippen molar-refractivity contribution >= 4 is 52.4 Å². The van der Waals surface area contributed by atoms with Crippen LogP contribution in [0.5, 0.6) is 0 Å². The summed E-state index contributed by atoms with van der Waals surface area (Å²) in [6.07, 6.45) is 6.27. The van der Waals surface area contributed by atoms with Crippen LogP contribution in [0.3, 0.4) is 0 Å². The molecule has 0 aliphatic carbocycles. The van der Waals surface area contributed by atoms with E-state index in [1.165, 1.54) is 43.2 Å². The van der Waals surface area contributed by atoms with Crippen LogP contribution in [0.25, 0.3) is 0 Å². The molecule has 1 atom stereocenters. The second-order valence-electron chi connectivity index (χ2n) is 10.8. The molecule has 1 aromatic carbocycles. The maximum absolute atomic E-state index is 13.0. The lowest BCUT2D eigenvalue weighted by atomic mass is 10.1. The number of hydrogen-bond donors (Lipinski definition) is 0. The van der Waals surface area contributed by atoms with Gasteiger partial charge < -0.3 is 19.6 Å². The monoisotopic (exact) mass is 617 g/mol. The fourth-order valence-corrected chi connectivity index (χ4v) is 6.37. The molecule has 13 heteroatoms. The van der Waals surface area contributed by atoms with Crippen molar-refractivity contribution in [3.8, 4) is 0 Å². The molecular formula is C29H40ClN7O4S. The third-order valence-corrected chi connectivity index (χ3v) is 8.84. The van der Waals surface area contributed by atoms with E-state index in [-0.39, 0.29) is 29.3 Å². The molecule has 3 heterocycles. The van der Waals surface area contributed by atoms with Crippen LogP contribution in [0, 0.1) is 10.1 Å². The minimum atomic E-state index is -0.411. The van der Waals surface area contributed by atoms with Gasteiger partial charge in [-0.2, -0.15) is 0 Å². The van der Waals surface area contributed by atoms with Crippen LogP contribution in [0.15, 0.2) is 35.5 Å². The van der Waals surface area contributed by atoms with Crippen LogP contribution in [0.4, 0.5) is 17.2 Å². The first kappa shape index (κ1) is 31.8. The Morgan fingerprint density at radius 2 is 1.67 bits per heavy atom. The number of benzene rings is 1. The molecule has 228 valence electrons. The number of halogens is 1. The highest BCUT2D eigenvalue weighted by molar-refractivity contribution is 7.99. The third kappa shape index (κ3) is 8.70. The van der Waals surface area contributed by atoms with E-state index >= 15 is 0 Å². The molecule has 0 N–H and O–H groups in total. The van der Waals surface area contributed by atoms with Crippen LogP contribution in [-0.2, 0) is 9.59 Å². The fourth-order valence-electron chi connectivity index (χ4n) is 5.39. The number of hydrogen-bond acceptors (Lipinski definition) is 9. The number of carbonyl (C=O) groups is 2. The number of non-ortho nitro benzene ring substituents is 1. The van der Waals surface area contributed by atoms with E-state index in [4.69, 9.17) is 16.6 Å². The normalized spacial score (nSPS) is 17.5. The number of nitro groups is 1. The highest BCUT2D eigenvalue weighted by atomic mass is 35.5. The molecule has 2 amide bonds. The van der Waals surface area contributed by atoms with Gasteiger partial charge in [-0.15, -0.1) is 0 Å². The van der Waals surface area contributed by atoms with Gasteiger partial charge >= 0.3 is 0 Å². The number of thioether (sulfide) groups is 1. The number of nitro benzene ring substituents is 1. The highest BCUT2D eigenvalue weighted by Crippen LogP contribution is 2.26. The summed E-state index contributed by atoms with van der Waals surface area (Å²) in [4.78, 5) is 53.3. The smallest absolute Gasteiger partial charge is 0.269 e. The van der Waals surface area contributed by atoms with Gasteiger partial charge in [0.1, 0.15) is 11.0 Å². The Hall–Kier alpha value is -3.12. The zero-order valence-corrected chi connectivity index (χ0v) is 26.0. The van der Waals surface area contributed by atoms with Crippen molar-refractivity contribution in [2.24, 2.45) is 0 Å². The average Bonchev–Trinajstić information content (AvgIpc) is 2.99. The zero-order valence-electron chi connectivity index (χ0n) is 24.4. The number of unbranched alkanes of at least 4 members (excludes halogenated alkanes) is 4. The Morgan fingerprint density at radius 3 is 2.33 bits per heavy atom. The van der Waals surface area contributed by atoms with Gasteiger partial charge in [-0.1, -0.05) is 56.0 Å². The summed E-state index contributed by atoms with van der Waals surface area (Å²) in [6.45, 7) is 8.67. The molecule has 1 aromatic heterocycles. The number of rotatable bonds is 12. The van der Waals surface area contributed by atoms with Crippen LogP contribution in [0.2, 0.25) is 5.15 Å². The number of piperazine rings is 2. The summed E-state index contributed by atoms with van der Waals surface area (Å²) in [5, 5.41) is 11.7. The molecule has 2 saturated heterocycles. The van der Waals surface area contributed by atoms with Crippen LogP contribution < -0.4 is 9.80 Å². The molecule has 0 spiro atoms. The molecule has 0 saturated carbocycles. The summed E-state index contributed by atoms with van der Waals surface area (Å²) in [5.74, 6) is 1.14. The molecular weight excluding hydrogens is 578 g/mol. The van der Waals surface area contributed by atoms with Gasteiger partial charge in [-0.25, -0.2) is 9.97 Å². The first-order valence-electron chi connectivity index (χ1n) is 14.7. The van der Waals surface area contributed by atoms with Crippen molar-refractivity contribution in [1.82, 2.24) is 19.8 Å². The Labute approximate surface area is 256 Å². The predicted octanol–water partition coefficient (Wildman–Crippen LogP) is 4.88. The first-order chi connectivity index (χ1) is 20.2. The van der Waals surface area contributed by atoms with Gasteiger partial charge in [0.15, 0.2) is 5.16 Å². The van der Waals surface area contributed by atoms with Gasteiger partial charge in [-0.05, 0) is 25.5 Å². The lowest BCUT2D eigenvalue weighted by Gasteiger charge is -2.40. The number of anilines is 2. The molecule has 0 radical (unpaired) electrons. The topological polar surface area (TPSA) is 116 Å². The minimum Gasteiger partial charge on any atom is -0.368 e. The lowest BCUT2D eigenvalue weighted by molar-refractivity contribution is -0.384. The average molecular weight is 618 g/mol. The van der Waals surface area contributed by atoms with E-state index < -0.39 is 4.92 Å². The Morgan fingerprint density at radius 1 is 0.976 bits per heavy atom. The molecule has 2 aromatic rings. The highest BCUT2D eigenvalue weighted by Gasteiger charge is 2.28. The fraction of sp³-hybridized carbons (Fsp3) is 0.586. The SMILES string of the molecule is CCCCCCCC(=O)N1CCN(c2cc(Cl)nc(SCC(=O)N3CCN(c4ccc([N+](=O)[O-])cc4)CC3)n2)CC1C. The van der Waals surface area contributed by atoms with Gasteiger partial charge in [0.05, 0.1) is 10.7 Å². The van der Waals surface area contributed by atoms with Crippen LogP contribution >= 0.6 is 23.4 Å². The molecule has 42 heavy (non-hydrogen) atoms. The van der Waals surface area contributed by atoms with E-state index in [1.54, 1.807) is 18.2 Å². The lowest BCUT2D eigenvalue weighted by Crippen LogP contribution is -2.54. The van der Waals surface area contributed by atoms with E-state index in [2.05, 4.69) is 28.6 Å². The first-order valence-corrected chi connectivity index (χ1v) is 16.1. The molecule has 2 aliphatic rings. The Kier molecular flexibility index (Phi) is 11.6. The maximum Gasteiger partial charge on any atom is 0.269 e. The summed E-state index contributed by atoms with van der Waals surface area (Å²) in [5.41, 5.74) is 0.968. The van der Waals surface area contributed by atoms with Crippen molar-refractivity contribution < 1.29 is 14.5 Å². The molecule has 11 nitrogen and oxygen atoms in total. The second kappa shape index (κ2) is 15.4. The zero-order chi connectivity index (χ0) is 30.1. The van der Waals surface area contributed by atoms with Crippen LogP contribution in [0.1, 0.15) is 52.4 Å². The quantitative estimate of drug-likeness (QED) is 0.0820.